The van der Waals surface area contributed by atoms with Gasteiger partial charge >= 0.3 is 0 Å². The van der Waals surface area contributed by atoms with Crippen LogP contribution < -0.4 is 22.1 Å². The van der Waals surface area contributed by atoms with Crippen molar-refractivity contribution in [3.8, 4) is 5.75 Å². The number of nitrogens with one attached hydrogen (secondary N) is 2. The van der Waals surface area contributed by atoms with Gasteiger partial charge in [-0.1, -0.05) is 0 Å². The fourth-order valence-corrected chi connectivity index (χ4v) is 3.57. The first kappa shape index (κ1) is 18.3. The number of imidazole rings is 1. The van der Waals surface area contributed by atoms with Crippen LogP contribution in [-0.4, -0.2) is 36.7 Å². The Morgan fingerprint density at radius 2 is 2.00 bits per heavy atom. The molecule has 9 heteroatoms. The highest BCUT2D eigenvalue weighted by Crippen LogP contribution is 2.26. The average Bonchev–Trinajstić information content (AvgIpc) is 3.05. The Morgan fingerprint density at radius 1 is 1.21 bits per heavy atom. The average molecular weight is 382 g/mol. The summed E-state index contributed by atoms with van der Waals surface area (Å²) in [6.45, 7) is 0.372. The zero-order valence-electron chi connectivity index (χ0n) is 15.9. The Bertz CT molecular complexity index is 977. The second kappa shape index (κ2) is 7.51. The fraction of sp³-hybridized carbons (Fsp3) is 0.421. The molecule has 0 radical (unpaired) electrons. The molecule has 0 bridgehead atoms. The largest absolute Gasteiger partial charge is 0.508 e. The van der Waals surface area contributed by atoms with Gasteiger partial charge in [-0.2, -0.15) is 9.97 Å². The maximum atomic E-state index is 10.1. The Labute approximate surface area is 163 Å². The van der Waals surface area contributed by atoms with Crippen molar-refractivity contribution in [2.75, 3.05) is 16.4 Å². The lowest BCUT2D eigenvalue weighted by molar-refractivity contribution is 0.410. The summed E-state index contributed by atoms with van der Waals surface area (Å²) in [5.74, 6) is 1.36. The van der Waals surface area contributed by atoms with E-state index in [1.165, 1.54) is 0 Å². The van der Waals surface area contributed by atoms with E-state index in [0.717, 1.165) is 31.3 Å². The van der Waals surface area contributed by atoms with Gasteiger partial charge in [-0.15, -0.1) is 0 Å². The molecule has 28 heavy (non-hydrogen) atoms. The molecular weight excluding hydrogens is 356 g/mol. The molecule has 1 aliphatic carbocycles. The van der Waals surface area contributed by atoms with E-state index >= 15 is 0 Å². The number of benzene rings is 1. The number of nitrogens with two attached hydrogens (primary N) is 2. The second-order valence-corrected chi connectivity index (χ2v) is 7.42. The quantitative estimate of drug-likeness (QED) is 0.333. The Morgan fingerprint density at radius 3 is 2.79 bits per heavy atom. The highest BCUT2D eigenvalue weighted by atomic mass is 16.3. The number of aryl methyl sites for hydroxylation is 1. The fourth-order valence-electron chi connectivity index (χ4n) is 3.57. The molecule has 2 aromatic heterocycles. The predicted molar refractivity (Wildman–Crippen MR) is 110 cm³/mol. The minimum Gasteiger partial charge on any atom is -0.508 e. The van der Waals surface area contributed by atoms with Crippen molar-refractivity contribution in [2.24, 2.45) is 12.8 Å². The summed E-state index contributed by atoms with van der Waals surface area (Å²) >= 11 is 0. The van der Waals surface area contributed by atoms with E-state index < -0.39 is 0 Å². The molecule has 2 heterocycles. The maximum absolute atomic E-state index is 10.1. The number of anilines is 3. The molecule has 0 unspecified atom stereocenters. The summed E-state index contributed by atoms with van der Waals surface area (Å²) in [4.78, 5) is 13.7. The van der Waals surface area contributed by atoms with Crippen LogP contribution >= 0.6 is 0 Å². The first-order valence-electron chi connectivity index (χ1n) is 9.52. The highest BCUT2D eigenvalue weighted by Gasteiger charge is 2.20. The van der Waals surface area contributed by atoms with Crippen molar-refractivity contribution in [3.05, 3.63) is 30.1 Å². The molecule has 4 rings (SSSR count). The lowest BCUT2D eigenvalue weighted by atomic mass is 9.92. The first-order valence-corrected chi connectivity index (χ1v) is 9.52. The van der Waals surface area contributed by atoms with Crippen LogP contribution in [0, 0.1) is 0 Å². The molecule has 0 aliphatic heterocycles. The number of fused-ring (bicyclic) bond motifs is 1. The number of hydrogen-bond donors (Lipinski definition) is 5. The summed E-state index contributed by atoms with van der Waals surface area (Å²) < 4.78 is 1.86. The normalized spacial score (nSPS) is 19.6. The number of nitrogen functional groups attached to an aromatic ring is 1. The topological polar surface area (TPSA) is 140 Å². The van der Waals surface area contributed by atoms with E-state index in [0.29, 0.717) is 47.2 Å². The second-order valence-electron chi connectivity index (χ2n) is 7.42. The SMILES string of the molecule is Cn1cnc2c(NCc3cc(N)ccc3O)nc(NC3CCC(N)CC3)nc21. The molecule has 1 aromatic carbocycles. The summed E-state index contributed by atoms with van der Waals surface area (Å²) in [6.07, 6.45) is 5.74. The third-order valence-electron chi connectivity index (χ3n) is 5.21. The van der Waals surface area contributed by atoms with E-state index in [1.54, 1.807) is 24.5 Å². The number of rotatable bonds is 5. The van der Waals surface area contributed by atoms with Gasteiger partial charge in [-0.3, -0.25) is 0 Å². The molecule has 1 saturated carbocycles. The maximum Gasteiger partial charge on any atom is 0.227 e. The first-order chi connectivity index (χ1) is 13.5. The number of hydrogen-bond acceptors (Lipinski definition) is 8. The van der Waals surface area contributed by atoms with Gasteiger partial charge in [0.1, 0.15) is 5.75 Å². The summed E-state index contributed by atoms with van der Waals surface area (Å²) in [6, 6.07) is 5.60. The van der Waals surface area contributed by atoms with E-state index in [4.69, 9.17) is 11.5 Å². The van der Waals surface area contributed by atoms with Gasteiger partial charge in [0.15, 0.2) is 17.0 Å². The molecule has 0 saturated heterocycles. The van der Waals surface area contributed by atoms with E-state index in [1.807, 2.05) is 11.6 Å². The summed E-state index contributed by atoms with van der Waals surface area (Å²) in [5.41, 5.74) is 14.5. The molecule has 9 nitrogen and oxygen atoms in total. The van der Waals surface area contributed by atoms with Crippen molar-refractivity contribution in [3.63, 3.8) is 0 Å². The minimum absolute atomic E-state index is 0.185. The van der Waals surface area contributed by atoms with Crippen LogP contribution in [0.4, 0.5) is 17.5 Å². The van der Waals surface area contributed by atoms with Gasteiger partial charge in [0, 0.05) is 36.9 Å². The molecule has 0 atom stereocenters. The van der Waals surface area contributed by atoms with Gasteiger partial charge in [0.25, 0.3) is 0 Å². The van der Waals surface area contributed by atoms with Gasteiger partial charge in [0.2, 0.25) is 5.95 Å². The third-order valence-corrected chi connectivity index (χ3v) is 5.21. The van der Waals surface area contributed by atoms with Crippen molar-refractivity contribution in [2.45, 2.75) is 44.3 Å². The minimum atomic E-state index is 0.185. The molecule has 148 valence electrons. The number of phenols is 1. The summed E-state index contributed by atoms with van der Waals surface area (Å²) in [7, 11) is 1.90. The highest BCUT2D eigenvalue weighted by molar-refractivity contribution is 5.84. The number of nitrogens with zero attached hydrogens (tertiary/aromatic N) is 4. The summed E-state index contributed by atoms with van der Waals surface area (Å²) in [5, 5.41) is 16.8. The van der Waals surface area contributed by atoms with Crippen LogP contribution in [0.5, 0.6) is 5.75 Å². The zero-order valence-corrected chi connectivity index (χ0v) is 15.9. The lowest BCUT2D eigenvalue weighted by Gasteiger charge is -2.26. The van der Waals surface area contributed by atoms with Gasteiger partial charge in [-0.05, 0) is 43.9 Å². The van der Waals surface area contributed by atoms with Gasteiger partial charge < -0.3 is 31.8 Å². The van der Waals surface area contributed by atoms with Crippen molar-refractivity contribution >= 4 is 28.6 Å². The van der Waals surface area contributed by atoms with Crippen LogP contribution in [0.1, 0.15) is 31.2 Å². The van der Waals surface area contributed by atoms with Crippen LogP contribution in [0.2, 0.25) is 0 Å². The van der Waals surface area contributed by atoms with E-state index in [2.05, 4.69) is 25.6 Å². The van der Waals surface area contributed by atoms with Crippen molar-refractivity contribution < 1.29 is 5.11 Å². The van der Waals surface area contributed by atoms with Crippen LogP contribution in [0.3, 0.4) is 0 Å². The number of aromatic hydroxyl groups is 1. The molecular formula is C19H26N8O. The molecule has 1 aliphatic rings. The van der Waals surface area contributed by atoms with Gasteiger partial charge in [-0.25, -0.2) is 4.98 Å². The number of phenolic OH excluding ortho intramolecular Hbond substituents is 1. The third kappa shape index (κ3) is 3.79. The van der Waals surface area contributed by atoms with E-state index in [9.17, 15) is 5.11 Å². The van der Waals surface area contributed by atoms with Gasteiger partial charge in [0.05, 0.1) is 6.33 Å². The van der Waals surface area contributed by atoms with Crippen LogP contribution in [-0.2, 0) is 13.6 Å². The predicted octanol–water partition coefficient (Wildman–Crippen LogP) is 1.94. The monoisotopic (exact) mass is 382 g/mol. The smallest absolute Gasteiger partial charge is 0.227 e. The Balaban J connectivity index is 1.58. The molecule has 1 fully saturated rings. The van der Waals surface area contributed by atoms with Crippen LogP contribution in [0.25, 0.3) is 11.2 Å². The Kier molecular flexibility index (Phi) is 4.91. The van der Waals surface area contributed by atoms with E-state index in [-0.39, 0.29) is 5.75 Å². The Hall–Kier alpha value is -3.07. The van der Waals surface area contributed by atoms with Crippen molar-refractivity contribution in [1.82, 2.24) is 19.5 Å². The number of aromatic nitrogens is 4. The molecule has 3 aromatic rings. The zero-order chi connectivity index (χ0) is 19.7. The molecule has 0 spiro atoms. The standard InChI is InChI=1S/C19H26N8O/c1-27-10-23-16-17(22-9-11-8-13(21)4-7-15(11)28)25-19(26-18(16)27)24-14-5-2-12(20)3-6-14/h4,7-8,10,12,14,28H,2-3,5-6,9,20-21H2,1H3,(H2,22,24,25,26). The van der Waals surface area contributed by atoms with Crippen LogP contribution in [0.15, 0.2) is 24.5 Å². The lowest BCUT2D eigenvalue weighted by Crippen LogP contribution is -2.33. The molecule has 7 N–H and O–H groups in total. The van der Waals surface area contributed by atoms with Crippen molar-refractivity contribution in [1.29, 1.82) is 0 Å². The molecule has 0 amide bonds.